The number of ether oxygens (including phenoxy) is 4. The van der Waals surface area contributed by atoms with Crippen molar-refractivity contribution in [2.75, 3.05) is 13.2 Å². The maximum Gasteiger partial charge on any atom is 0.511 e. The molecule has 20 heteroatoms. The SMILES string of the molecule is CCOc1nc2cccc(C(=O)OC(C)OC(=O)OCCC[C@@H](O[N+](=O)[O-])[C@@H](C)O[N+](=O)[O-])c2n1Cc1ccc(-c2ccccc2-c2nnnn2C(c2ccccc2)(c2ccccc2)c2ccccc2)cc1. The Hall–Kier alpha value is -9.20. The van der Waals surface area contributed by atoms with Crippen molar-refractivity contribution in [3.63, 3.8) is 0 Å². The third-order valence-corrected chi connectivity index (χ3v) is 11.7. The van der Waals surface area contributed by atoms with Crippen molar-refractivity contribution in [1.82, 2.24) is 29.8 Å². The minimum absolute atomic E-state index is 0.000851. The highest BCUT2D eigenvalue weighted by atomic mass is 17.0. The summed E-state index contributed by atoms with van der Waals surface area (Å²) in [6, 6.07) is 51.8. The Balaban J connectivity index is 1.02. The summed E-state index contributed by atoms with van der Waals surface area (Å²) in [4.78, 5) is 61.4. The fraction of sp³-hybridized carbons (Fsp3) is 0.231. The standard InChI is InChI=1S/C52H48N8O12/c1-4-67-50-53-45-27-16-26-44(49(61)69-36(3)70-51(62)68-33-17-28-46(72-60(65)66)35(2)71-59(63)64)47(45)57(50)34-37-29-31-38(32-30-37)42-24-14-15-25-43(42)48-54-55-56-58(48)52(39-18-8-5-9-19-39,40-20-10-6-11-21-40)41-22-12-7-13-23-41/h5-16,18-27,29-32,35-36,46H,4,17,28,33-34H2,1-3H3/t35-,36?,46-/m1/s1. The van der Waals surface area contributed by atoms with E-state index in [9.17, 15) is 29.8 Å². The monoisotopic (exact) mass is 976 g/mol. The first-order valence-electron chi connectivity index (χ1n) is 22.9. The number of para-hydroxylation sites is 1. The Morgan fingerprint density at radius 2 is 1.31 bits per heavy atom. The fourth-order valence-corrected chi connectivity index (χ4v) is 8.64. The van der Waals surface area contributed by atoms with Crippen molar-refractivity contribution in [2.24, 2.45) is 0 Å². The van der Waals surface area contributed by atoms with E-state index in [-0.39, 0.29) is 37.6 Å². The zero-order valence-electron chi connectivity index (χ0n) is 39.3. The first kappa shape index (κ1) is 49.2. The van der Waals surface area contributed by atoms with Crippen LogP contribution in [0.2, 0.25) is 0 Å². The summed E-state index contributed by atoms with van der Waals surface area (Å²) >= 11 is 0. The van der Waals surface area contributed by atoms with Crippen molar-refractivity contribution < 1.29 is 48.4 Å². The number of tetrazole rings is 1. The lowest BCUT2D eigenvalue weighted by Gasteiger charge is -2.36. The molecule has 368 valence electrons. The molecule has 0 spiro atoms. The molecule has 0 N–H and O–H groups in total. The summed E-state index contributed by atoms with van der Waals surface area (Å²) in [5.41, 5.74) is 6.42. The molecule has 2 aromatic heterocycles. The van der Waals surface area contributed by atoms with Gasteiger partial charge in [0.15, 0.2) is 5.82 Å². The molecular weight excluding hydrogens is 929 g/mol. The van der Waals surface area contributed by atoms with Crippen LogP contribution in [-0.4, -0.2) is 83.8 Å². The largest absolute Gasteiger partial charge is 0.511 e. The zero-order valence-corrected chi connectivity index (χ0v) is 39.3. The van der Waals surface area contributed by atoms with Crippen LogP contribution in [-0.2, 0) is 36.0 Å². The molecule has 0 fully saturated rings. The molecule has 0 amide bonds. The molecule has 0 bridgehead atoms. The van der Waals surface area contributed by atoms with Crippen molar-refractivity contribution in [3.05, 3.63) is 206 Å². The normalized spacial score (nSPS) is 12.5. The van der Waals surface area contributed by atoms with Gasteiger partial charge in [0.1, 0.15) is 17.7 Å². The molecule has 0 aliphatic rings. The van der Waals surface area contributed by atoms with Gasteiger partial charge in [-0.1, -0.05) is 146 Å². The lowest BCUT2D eigenvalue weighted by Crippen LogP contribution is -2.39. The number of benzene rings is 6. The molecule has 8 aromatic rings. The van der Waals surface area contributed by atoms with Gasteiger partial charge in [-0.05, 0) is 82.6 Å². The Labute approximate surface area is 411 Å². The van der Waals surface area contributed by atoms with Crippen LogP contribution < -0.4 is 4.74 Å². The third kappa shape index (κ3) is 10.8. The molecule has 0 saturated heterocycles. The van der Waals surface area contributed by atoms with E-state index < -0.39 is 46.3 Å². The number of carbonyl (C=O) groups excluding carboxylic acids is 2. The zero-order chi connectivity index (χ0) is 50.6. The van der Waals surface area contributed by atoms with Crippen molar-refractivity contribution >= 4 is 23.2 Å². The fourth-order valence-electron chi connectivity index (χ4n) is 8.64. The number of aromatic nitrogens is 6. The average molecular weight is 977 g/mol. The lowest BCUT2D eigenvalue weighted by molar-refractivity contribution is -0.798. The highest BCUT2D eigenvalue weighted by molar-refractivity contribution is 6.02. The van der Waals surface area contributed by atoms with Gasteiger partial charge in [-0.25, -0.2) is 14.3 Å². The summed E-state index contributed by atoms with van der Waals surface area (Å²) in [7, 11) is 0. The predicted molar refractivity (Wildman–Crippen MR) is 259 cm³/mol. The second-order valence-corrected chi connectivity index (χ2v) is 16.3. The molecule has 1 unspecified atom stereocenters. The van der Waals surface area contributed by atoms with Crippen LogP contribution >= 0.6 is 0 Å². The van der Waals surface area contributed by atoms with Crippen molar-refractivity contribution in [2.45, 2.75) is 64.2 Å². The molecular formula is C52H48N8O12. The van der Waals surface area contributed by atoms with E-state index in [1.165, 1.54) is 13.8 Å². The van der Waals surface area contributed by atoms with E-state index >= 15 is 0 Å². The summed E-state index contributed by atoms with van der Waals surface area (Å²) in [6.07, 6.45) is -5.31. The molecule has 0 aliphatic heterocycles. The second kappa shape index (κ2) is 22.5. The first-order valence-corrected chi connectivity index (χ1v) is 22.9. The van der Waals surface area contributed by atoms with E-state index in [0.717, 1.165) is 38.9 Å². The van der Waals surface area contributed by atoms with E-state index in [0.29, 0.717) is 23.5 Å². The van der Waals surface area contributed by atoms with Gasteiger partial charge in [0, 0.05) is 12.5 Å². The van der Waals surface area contributed by atoms with Gasteiger partial charge in [0.05, 0.1) is 36.4 Å². The molecule has 0 aliphatic carbocycles. The number of hydrogen-bond acceptors (Lipinski definition) is 16. The second-order valence-electron chi connectivity index (χ2n) is 16.3. The van der Waals surface area contributed by atoms with Crippen LogP contribution in [0.15, 0.2) is 158 Å². The van der Waals surface area contributed by atoms with Crippen molar-refractivity contribution in [3.8, 4) is 28.5 Å². The number of esters is 1. The number of fused-ring (bicyclic) bond motifs is 1. The van der Waals surface area contributed by atoms with Crippen LogP contribution in [0, 0.1) is 20.2 Å². The Morgan fingerprint density at radius 3 is 1.90 bits per heavy atom. The van der Waals surface area contributed by atoms with Crippen LogP contribution in [0.5, 0.6) is 6.01 Å². The van der Waals surface area contributed by atoms with Gasteiger partial charge < -0.3 is 28.6 Å². The first-order chi connectivity index (χ1) is 35.0. The minimum Gasteiger partial charge on any atom is -0.465 e. The molecule has 8 rings (SSSR count). The molecule has 72 heavy (non-hydrogen) atoms. The molecule has 0 radical (unpaired) electrons. The molecule has 0 saturated carbocycles. The smallest absolute Gasteiger partial charge is 0.465 e. The maximum atomic E-state index is 13.8. The summed E-state index contributed by atoms with van der Waals surface area (Å²) in [6.45, 7) is 4.62. The predicted octanol–water partition coefficient (Wildman–Crippen LogP) is 9.25. The molecule has 6 aromatic carbocycles. The summed E-state index contributed by atoms with van der Waals surface area (Å²) in [5.74, 6) is -0.270. The van der Waals surface area contributed by atoms with Gasteiger partial charge in [0.2, 0.25) is 6.29 Å². The highest BCUT2D eigenvalue weighted by Crippen LogP contribution is 2.43. The van der Waals surface area contributed by atoms with Crippen LogP contribution in [0.1, 0.15) is 66.2 Å². The van der Waals surface area contributed by atoms with Crippen LogP contribution in [0.25, 0.3) is 33.5 Å². The van der Waals surface area contributed by atoms with E-state index in [1.807, 2.05) is 115 Å². The topological polar surface area (TPSA) is 237 Å². The third-order valence-electron chi connectivity index (χ3n) is 11.7. The van der Waals surface area contributed by atoms with Gasteiger partial charge >= 0.3 is 12.1 Å². The van der Waals surface area contributed by atoms with Crippen LogP contribution in [0.3, 0.4) is 0 Å². The average Bonchev–Trinajstić information content (AvgIpc) is 4.01. The summed E-state index contributed by atoms with van der Waals surface area (Å²) < 4.78 is 25.4. The molecule has 3 atom stereocenters. The maximum absolute atomic E-state index is 13.8. The van der Waals surface area contributed by atoms with E-state index in [4.69, 9.17) is 29.3 Å². The lowest BCUT2D eigenvalue weighted by atomic mass is 9.77. The number of nitrogens with zero attached hydrogens (tertiary/aromatic N) is 8. The van der Waals surface area contributed by atoms with E-state index in [1.54, 1.807) is 22.8 Å². The number of carbonyl (C=O) groups is 2. The number of imidazole rings is 1. The number of rotatable bonds is 22. The van der Waals surface area contributed by atoms with Crippen molar-refractivity contribution in [1.29, 1.82) is 0 Å². The molecule has 20 nitrogen and oxygen atoms in total. The quantitative estimate of drug-likeness (QED) is 0.0154. The highest BCUT2D eigenvalue weighted by Gasteiger charge is 2.42. The van der Waals surface area contributed by atoms with Gasteiger partial charge in [0.25, 0.3) is 16.2 Å². The number of hydrogen-bond donors (Lipinski definition) is 0. The minimum atomic E-state index is -1.41. The van der Waals surface area contributed by atoms with Gasteiger partial charge in [-0.2, -0.15) is 4.98 Å². The Morgan fingerprint density at radius 1 is 0.708 bits per heavy atom. The van der Waals surface area contributed by atoms with Crippen LogP contribution in [0.4, 0.5) is 4.79 Å². The Bertz CT molecular complexity index is 3040. The summed E-state index contributed by atoms with van der Waals surface area (Å²) in [5, 5.41) is 33.1. The van der Waals surface area contributed by atoms with Gasteiger partial charge in [-0.3, -0.25) is 4.57 Å². The van der Waals surface area contributed by atoms with Gasteiger partial charge in [-0.15, -0.1) is 25.3 Å². The van der Waals surface area contributed by atoms with E-state index in [2.05, 4.69) is 56.3 Å². The molecule has 2 heterocycles. The Kier molecular flexibility index (Phi) is 15.4.